The maximum absolute atomic E-state index is 11.7. The molecule has 0 saturated carbocycles. The van der Waals surface area contributed by atoms with Crippen molar-refractivity contribution in [2.75, 3.05) is 26.2 Å². The number of likely N-dealkylation sites (tertiary alicyclic amines) is 1. The van der Waals surface area contributed by atoms with Gasteiger partial charge in [0.1, 0.15) is 5.60 Å². The van der Waals surface area contributed by atoms with Crippen molar-refractivity contribution < 1.29 is 14.6 Å². The molecule has 0 aliphatic carbocycles. The number of nitrogens with zero attached hydrogens (tertiary/aromatic N) is 1. The fourth-order valence-electron chi connectivity index (χ4n) is 2.26. The quantitative estimate of drug-likeness (QED) is 0.716. The molecule has 0 radical (unpaired) electrons. The number of amides is 2. The van der Waals surface area contributed by atoms with E-state index in [2.05, 4.69) is 5.32 Å². The second kappa shape index (κ2) is 4.59. The number of urea groups is 1. The molecule has 0 bridgehead atoms. The van der Waals surface area contributed by atoms with Crippen molar-refractivity contribution in [2.24, 2.45) is 0 Å². The third-order valence-electron chi connectivity index (χ3n) is 3.60. The largest absolute Gasteiger partial charge is 0.385 e. The van der Waals surface area contributed by atoms with Crippen LogP contribution in [-0.4, -0.2) is 54.0 Å². The molecule has 2 rings (SSSR count). The standard InChI is InChI=1S/C11H20N2O3/c1-9-11(15,4-7-16-9)8-12-10(14)13-5-2-3-6-13/h9,15H,2-8H2,1H3,(H,12,14). The third kappa shape index (κ3) is 2.30. The van der Waals surface area contributed by atoms with Crippen molar-refractivity contribution in [3.8, 4) is 0 Å². The molecule has 2 amide bonds. The Morgan fingerprint density at radius 3 is 2.81 bits per heavy atom. The van der Waals surface area contributed by atoms with Gasteiger partial charge in [0, 0.05) is 26.1 Å². The number of rotatable bonds is 2. The molecule has 2 unspecified atom stereocenters. The maximum Gasteiger partial charge on any atom is 0.317 e. The molecule has 0 aromatic carbocycles. The van der Waals surface area contributed by atoms with Gasteiger partial charge in [0.2, 0.25) is 0 Å². The maximum atomic E-state index is 11.7. The van der Waals surface area contributed by atoms with Crippen LogP contribution in [0.4, 0.5) is 4.79 Å². The molecular formula is C11H20N2O3. The highest BCUT2D eigenvalue weighted by Crippen LogP contribution is 2.24. The summed E-state index contributed by atoms with van der Waals surface area (Å²) in [7, 11) is 0. The van der Waals surface area contributed by atoms with Crippen LogP contribution in [0.2, 0.25) is 0 Å². The molecule has 2 heterocycles. The molecule has 0 aromatic rings. The van der Waals surface area contributed by atoms with Crippen LogP contribution >= 0.6 is 0 Å². The zero-order valence-corrected chi connectivity index (χ0v) is 9.74. The van der Waals surface area contributed by atoms with Crippen LogP contribution in [0.3, 0.4) is 0 Å². The Balaban J connectivity index is 1.80. The van der Waals surface area contributed by atoms with Gasteiger partial charge in [-0.05, 0) is 19.8 Å². The number of nitrogens with one attached hydrogen (secondary N) is 1. The van der Waals surface area contributed by atoms with Crippen molar-refractivity contribution in [1.29, 1.82) is 0 Å². The van der Waals surface area contributed by atoms with Gasteiger partial charge in [-0.15, -0.1) is 0 Å². The first kappa shape index (κ1) is 11.7. The van der Waals surface area contributed by atoms with Crippen molar-refractivity contribution in [2.45, 2.75) is 37.9 Å². The molecule has 92 valence electrons. The molecule has 2 N–H and O–H groups in total. The minimum absolute atomic E-state index is 0.0648. The number of ether oxygens (including phenoxy) is 1. The summed E-state index contributed by atoms with van der Waals surface area (Å²) in [5.41, 5.74) is -0.893. The average molecular weight is 228 g/mol. The number of carbonyl (C=O) groups excluding carboxylic acids is 1. The Hall–Kier alpha value is -0.810. The summed E-state index contributed by atoms with van der Waals surface area (Å²) in [6.45, 7) is 4.35. The summed E-state index contributed by atoms with van der Waals surface area (Å²) in [6, 6.07) is -0.0648. The molecule has 16 heavy (non-hydrogen) atoms. The molecule has 5 heteroatoms. The monoisotopic (exact) mass is 228 g/mol. The molecule has 2 aliphatic heterocycles. The van der Waals surface area contributed by atoms with Crippen LogP contribution in [0.15, 0.2) is 0 Å². The van der Waals surface area contributed by atoms with Gasteiger partial charge in [0.15, 0.2) is 0 Å². The average Bonchev–Trinajstić information content (AvgIpc) is 2.87. The van der Waals surface area contributed by atoms with E-state index in [1.165, 1.54) is 0 Å². The van der Waals surface area contributed by atoms with Crippen molar-refractivity contribution >= 4 is 6.03 Å². The van der Waals surface area contributed by atoms with E-state index < -0.39 is 5.60 Å². The van der Waals surface area contributed by atoms with Crippen LogP contribution in [0, 0.1) is 0 Å². The zero-order chi connectivity index (χ0) is 11.6. The first-order chi connectivity index (χ1) is 7.62. The minimum atomic E-state index is -0.893. The summed E-state index contributed by atoms with van der Waals surface area (Å²) < 4.78 is 5.31. The Morgan fingerprint density at radius 1 is 1.56 bits per heavy atom. The van der Waals surface area contributed by atoms with Gasteiger partial charge in [-0.25, -0.2) is 4.79 Å². The lowest BCUT2D eigenvalue weighted by Crippen LogP contribution is -2.50. The van der Waals surface area contributed by atoms with Crippen molar-refractivity contribution in [3.63, 3.8) is 0 Å². The summed E-state index contributed by atoms with van der Waals surface area (Å²) in [5.74, 6) is 0. The molecule has 0 aromatic heterocycles. The van der Waals surface area contributed by atoms with E-state index in [1.54, 1.807) is 4.90 Å². The Kier molecular flexibility index (Phi) is 3.35. The van der Waals surface area contributed by atoms with Crippen molar-refractivity contribution in [3.05, 3.63) is 0 Å². The van der Waals surface area contributed by atoms with E-state index in [0.717, 1.165) is 25.9 Å². The van der Waals surface area contributed by atoms with E-state index in [9.17, 15) is 9.90 Å². The van der Waals surface area contributed by atoms with Crippen LogP contribution < -0.4 is 5.32 Å². The molecule has 5 nitrogen and oxygen atoms in total. The summed E-state index contributed by atoms with van der Waals surface area (Å²) in [6.07, 6.45) is 2.55. The highest BCUT2D eigenvalue weighted by atomic mass is 16.5. The lowest BCUT2D eigenvalue weighted by Gasteiger charge is -2.27. The zero-order valence-electron chi connectivity index (χ0n) is 9.74. The minimum Gasteiger partial charge on any atom is -0.385 e. The summed E-state index contributed by atoms with van der Waals surface area (Å²) >= 11 is 0. The fourth-order valence-corrected chi connectivity index (χ4v) is 2.26. The topological polar surface area (TPSA) is 61.8 Å². The predicted octanol–water partition coefficient (Wildman–Crippen LogP) is 0.332. The second-order valence-corrected chi connectivity index (χ2v) is 4.72. The van der Waals surface area contributed by atoms with Crippen LogP contribution in [0.1, 0.15) is 26.2 Å². The van der Waals surface area contributed by atoms with Crippen molar-refractivity contribution in [1.82, 2.24) is 10.2 Å². The van der Waals surface area contributed by atoms with E-state index in [0.29, 0.717) is 13.0 Å². The number of hydrogen-bond donors (Lipinski definition) is 2. The van der Waals surface area contributed by atoms with E-state index >= 15 is 0 Å². The first-order valence-electron chi connectivity index (χ1n) is 5.98. The van der Waals surface area contributed by atoms with Gasteiger partial charge in [0.25, 0.3) is 0 Å². The SMILES string of the molecule is CC1OCCC1(O)CNC(=O)N1CCCC1. The number of hydrogen-bond acceptors (Lipinski definition) is 3. The molecule has 0 spiro atoms. The second-order valence-electron chi connectivity index (χ2n) is 4.72. The van der Waals surface area contributed by atoms with Crippen LogP contribution in [0.5, 0.6) is 0 Å². The lowest BCUT2D eigenvalue weighted by molar-refractivity contribution is -0.0248. The van der Waals surface area contributed by atoms with Gasteiger partial charge < -0.3 is 20.1 Å². The van der Waals surface area contributed by atoms with E-state index in [-0.39, 0.29) is 18.7 Å². The van der Waals surface area contributed by atoms with Gasteiger partial charge in [-0.3, -0.25) is 0 Å². The highest BCUT2D eigenvalue weighted by molar-refractivity contribution is 5.74. The molecule has 2 atom stereocenters. The highest BCUT2D eigenvalue weighted by Gasteiger charge is 2.40. The molecule has 2 fully saturated rings. The third-order valence-corrected chi connectivity index (χ3v) is 3.60. The van der Waals surface area contributed by atoms with E-state index in [1.807, 2.05) is 6.92 Å². The normalized spacial score (nSPS) is 34.4. The first-order valence-corrected chi connectivity index (χ1v) is 5.98. The van der Waals surface area contributed by atoms with Crippen LogP contribution in [-0.2, 0) is 4.74 Å². The number of aliphatic hydroxyl groups is 1. The molecular weight excluding hydrogens is 208 g/mol. The van der Waals surface area contributed by atoms with E-state index in [4.69, 9.17) is 4.74 Å². The molecule has 2 aliphatic rings. The smallest absolute Gasteiger partial charge is 0.317 e. The lowest BCUT2D eigenvalue weighted by atomic mass is 9.97. The van der Waals surface area contributed by atoms with Gasteiger partial charge in [0.05, 0.1) is 12.6 Å². The Labute approximate surface area is 95.8 Å². The number of carbonyl (C=O) groups is 1. The van der Waals surface area contributed by atoms with Gasteiger partial charge >= 0.3 is 6.03 Å². The van der Waals surface area contributed by atoms with Gasteiger partial charge in [-0.2, -0.15) is 0 Å². The van der Waals surface area contributed by atoms with Gasteiger partial charge in [-0.1, -0.05) is 0 Å². The Morgan fingerprint density at radius 2 is 2.25 bits per heavy atom. The predicted molar refractivity (Wildman–Crippen MR) is 59.2 cm³/mol. The summed E-state index contributed by atoms with van der Waals surface area (Å²) in [5, 5.41) is 13.0. The Bertz CT molecular complexity index is 266. The fraction of sp³-hybridized carbons (Fsp3) is 0.909. The van der Waals surface area contributed by atoms with Crippen LogP contribution in [0.25, 0.3) is 0 Å². The molecule has 2 saturated heterocycles. The summed E-state index contributed by atoms with van der Waals surface area (Å²) in [4.78, 5) is 13.5.